The van der Waals surface area contributed by atoms with Gasteiger partial charge < -0.3 is 15.3 Å². The van der Waals surface area contributed by atoms with E-state index >= 15 is 0 Å². The lowest BCUT2D eigenvalue weighted by molar-refractivity contribution is -0.129. The maximum Gasteiger partial charge on any atom is 0.224 e. The largest absolute Gasteiger partial charge is 0.395 e. The molecule has 1 aliphatic heterocycles. The highest BCUT2D eigenvalue weighted by atomic mass is 16.2. The number of nitrogens with zero attached hydrogens (tertiary/aromatic N) is 1. The van der Waals surface area contributed by atoms with Crippen molar-refractivity contribution in [1.82, 2.24) is 10.2 Å². The number of carbonyl (C=O) groups excluding carboxylic acids is 1. The van der Waals surface area contributed by atoms with E-state index in [2.05, 4.69) is 34.2 Å². The lowest BCUT2D eigenvalue weighted by atomic mass is 10.1. The number of carbonyl (C=O) groups is 1. The number of rotatable bonds is 5. The number of nitrogens with one attached hydrogen (secondary N) is 1. The van der Waals surface area contributed by atoms with E-state index in [1.54, 1.807) is 0 Å². The third-order valence-electron chi connectivity index (χ3n) is 5.44. The monoisotopic (exact) mass is 354 g/mol. The van der Waals surface area contributed by atoms with E-state index in [4.69, 9.17) is 5.11 Å². The Kier molecular flexibility index (Phi) is 7.11. The highest BCUT2D eigenvalue weighted by Gasteiger charge is 2.33. The van der Waals surface area contributed by atoms with Crippen molar-refractivity contribution in [2.75, 3.05) is 13.2 Å². The fourth-order valence-electron chi connectivity index (χ4n) is 3.98. The van der Waals surface area contributed by atoms with Crippen molar-refractivity contribution in [3.05, 3.63) is 35.4 Å². The summed E-state index contributed by atoms with van der Waals surface area (Å²) in [6, 6.07) is 8.91. The molecule has 4 nitrogen and oxygen atoms in total. The smallest absolute Gasteiger partial charge is 0.224 e. The van der Waals surface area contributed by atoms with Gasteiger partial charge in [-0.05, 0) is 30.5 Å². The Balaban J connectivity index is 1.48. The van der Waals surface area contributed by atoms with Crippen molar-refractivity contribution in [3.8, 4) is 11.8 Å². The van der Waals surface area contributed by atoms with Crippen LogP contribution >= 0.6 is 0 Å². The van der Waals surface area contributed by atoms with Gasteiger partial charge in [0.2, 0.25) is 5.91 Å². The summed E-state index contributed by atoms with van der Waals surface area (Å²) in [6.45, 7) is 1.74. The van der Waals surface area contributed by atoms with Crippen LogP contribution in [0.15, 0.2) is 24.3 Å². The van der Waals surface area contributed by atoms with Gasteiger partial charge in [0.25, 0.3) is 0 Å². The summed E-state index contributed by atoms with van der Waals surface area (Å²) in [5, 5.41) is 12.3. The van der Waals surface area contributed by atoms with Gasteiger partial charge in [0.1, 0.15) is 0 Å². The van der Waals surface area contributed by atoms with Gasteiger partial charge >= 0.3 is 0 Å². The van der Waals surface area contributed by atoms with Crippen LogP contribution in [0.1, 0.15) is 62.5 Å². The van der Waals surface area contributed by atoms with Crippen LogP contribution in [0.4, 0.5) is 0 Å². The molecule has 0 radical (unpaired) electrons. The molecule has 26 heavy (non-hydrogen) atoms. The molecular formula is C22H30N2O2. The third-order valence-corrected chi connectivity index (χ3v) is 5.44. The Hall–Kier alpha value is -1.83. The Morgan fingerprint density at radius 1 is 1.12 bits per heavy atom. The van der Waals surface area contributed by atoms with Crippen LogP contribution in [-0.2, 0) is 11.3 Å². The second-order valence-electron chi connectivity index (χ2n) is 7.45. The van der Waals surface area contributed by atoms with E-state index in [0.717, 1.165) is 18.7 Å². The summed E-state index contributed by atoms with van der Waals surface area (Å²) < 4.78 is 0. The first-order valence-electron chi connectivity index (χ1n) is 9.98. The molecule has 2 N–H and O–H groups in total. The van der Waals surface area contributed by atoms with E-state index in [1.807, 2.05) is 12.1 Å². The average Bonchev–Trinajstić information content (AvgIpc) is 2.85. The number of hydrogen-bond acceptors (Lipinski definition) is 3. The standard InChI is InChI=1S/C22H30N2O2/c25-14-6-5-7-18-10-12-19(13-11-18)16-23-20-15-22(26)24(17-20)21-8-3-1-2-4-9-21/h10-13,20-21,23,25H,1-4,6,8-9,14-17H2/t20-/m1/s1. The zero-order valence-corrected chi connectivity index (χ0v) is 15.5. The molecule has 3 rings (SSSR count). The summed E-state index contributed by atoms with van der Waals surface area (Å²) in [5.41, 5.74) is 2.18. The molecule has 1 amide bonds. The summed E-state index contributed by atoms with van der Waals surface area (Å²) in [7, 11) is 0. The van der Waals surface area contributed by atoms with Crippen molar-refractivity contribution >= 4 is 5.91 Å². The minimum absolute atomic E-state index is 0.104. The molecule has 1 atom stereocenters. The fraction of sp³-hybridized carbons (Fsp3) is 0.591. The summed E-state index contributed by atoms with van der Waals surface area (Å²) in [5.74, 6) is 6.30. The van der Waals surface area contributed by atoms with E-state index in [1.165, 1.54) is 44.1 Å². The topological polar surface area (TPSA) is 52.6 Å². The quantitative estimate of drug-likeness (QED) is 0.631. The van der Waals surface area contributed by atoms with Crippen LogP contribution in [0.2, 0.25) is 0 Å². The maximum atomic E-state index is 12.4. The number of benzene rings is 1. The van der Waals surface area contributed by atoms with E-state index in [-0.39, 0.29) is 12.6 Å². The van der Waals surface area contributed by atoms with E-state index < -0.39 is 0 Å². The molecule has 1 saturated carbocycles. The second kappa shape index (κ2) is 9.75. The van der Waals surface area contributed by atoms with Crippen LogP contribution in [0.3, 0.4) is 0 Å². The predicted molar refractivity (Wildman–Crippen MR) is 103 cm³/mol. The molecule has 2 aliphatic rings. The highest BCUT2D eigenvalue weighted by molar-refractivity contribution is 5.79. The van der Waals surface area contributed by atoms with Crippen LogP contribution in [0.25, 0.3) is 0 Å². The number of amides is 1. The van der Waals surface area contributed by atoms with Gasteiger partial charge in [-0.1, -0.05) is 49.7 Å². The first-order valence-corrected chi connectivity index (χ1v) is 9.98. The first kappa shape index (κ1) is 18.9. The van der Waals surface area contributed by atoms with Crippen molar-refractivity contribution in [3.63, 3.8) is 0 Å². The molecule has 1 aromatic rings. The molecule has 4 heteroatoms. The maximum absolute atomic E-state index is 12.4. The minimum atomic E-state index is 0.104. The molecule has 0 unspecified atom stereocenters. The van der Waals surface area contributed by atoms with Gasteiger partial charge in [0.05, 0.1) is 6.61 Å². The molecule has 0 aromatic heterocycles. The molecule has 1 heterocycles. The van der Waals surface area contributed by atoms with E-state index in [9.17, 15) is 4.79 Å². The molecule has 1 aliphatic carbocycles. The van der Waals surface area contributed by atoms with Gasteiger partial charge in [-0.3, -0.25) is 4.79 Å². The van der Waals surface area contributed by atoms with Crippen LogP contribution < -0.4 is 5.32 Å². The van der Waals surface area contributed by atoms with Crippen molar-refractivity contribution < 1.29 is 9.90 Å². The van der Waals surface area contributed by atoms with Gasteiger partial charge in [-0.25, -0.2) is 0 Å². The summed E-state index contributed by atoms with van der Waals surface area (Å²) >= 11 is 0. The second-order valence-corrected chi connectivity index (χ2v) is 7.45. The van der Waals surface area contributed by atoms with Gasteiger partial charge in [-0.15, -0.1) is 0 Å². The zero-order chi connectivity index (χ0) is 18.2. The lowest BCUT2D eigenvalue weighted by Crippen LogP contribution is -2.38. The Bertz CT molecular complexity index is 636. The average molecular weight is 354 g/mol. The predicted octanol–water partition coefficient (Wildman–Crippen LogP) is 2.83. The normalized spacial score (nSPS) is 21.3. The molecule has 140 valence electrons. The van der Waals surface area contributed by atoms with Gasteiger partial charge in [-0.2, -0.15) is 0 Å². The minimum Gasteiger partial charge on any atom is -0.395 e. The Morgan fingerprint density at radius 2 is 1.85 bits per heavy atom. The van der Waals surface area contributed by atoms with Crippen LogP contribution in [0.5, 0.6) is 0 Å². The first-order chi connectivity index (χ1) is 12.8. The van der Waals surface area contributed by atoms with Gasteiger partial charge in [0.15, 0.2) is 0 Å². The number of aliphatic hydroxyl groups excluding tert-OH is 1. The van der Waals surface area contributed by atoms with E-state index in [0.29, 0.717) is 24.8 Å². The number of hydrogen-bond donors (Lipinski definition) is 2. The molecule has 2 fully saturated rings. The van der Waals surface area contributed by atoms with Crippen LogP contribution in [0, 0.1) is 11.8 Å². The zero-order valence-electron chi connectivity index (χ0n) is 15.5. The molecule has 1 saturated heterocycles. The summed E-state index contributed by atoms with van der Waals surface area (Å²) in [6.07, 6.45) is 8.66. The van der Waals surface area contributed by atoms with Crippen molar-refractivity contribution in [2.45, 2.75) is 70.0 Å². The SMILES string of the molecule is O=C1C[C@@H](NCc2ccc(C#CCCO)cc2)CN1C1CCCCCC1. The van der Waals surface area contributed by atoms with Crippen molar-refractivity contribution in [1.29, 1.82) is 0 Å². The van der Waals surface area contributed by atoms with Crippen LogP contribution in [-0.4, -0.2) is 41.1 Å². The highest BCUT2D eigenvalue weighted by Crippen LogP contribution is 2.25. The fourth-order valence-corrected chi connectivity index (χ4v) is 3.98. The Morgan fingerprint density at radius 3 is 2.54 bits per heavy atom. The lowest BCUT2D eigenvalue weighted by Gasteiger charge is -2.27. The van der Waals surface area contributed by atoms with Crippen molar-refractivity contribution in [2.24, 2.45) is 0 Å². The number of aliphatic hydroxyl groups is 1. The molecule has 1 aromatic carbocycles. The van der Waals surface area contributed by atoms with Gasteiger partial charge in [0, 0.05) is 43.6 Å². The third kappa shape index (κ3) is 5.33. The Labute approximate surface area is 157 Å². The molecular weight excluding hydrogens is 324 g/mol. The molecule has 0 spiro atoms. The summed E-state index contributed by atoms with van der Waals surface area (Å²) in [4.78, 5) is 14.6. The number of likely N-dealkylation sites (tertiary alicyclic amines) is 1. The molecule has 0 bridgehead atoms.